The molecule has 98 valence electrons. The van der Waals surface area contributed by atoms with Crippen molar-refractivity contribution in [2.24, 2.45) is 17.1 Å². The van der Waals surface area contributed by atoms with Gasteiger partial charge in [-0.25, -0.2) is 0 Å². The molecule has 1 saturated heterocycles. The molecule has 0 spiro atoms. The van der Waals surface area contributed by atoms with Crippen LogP contribution in [0.4, 0.5) is 0 Å². The first-order chi connectivity index (χ1) is 8.08. The minimum atomic E-state index is -0.0928. The molecule has 2 N–H and O–H groups in total. The van der Waals surface area contributed by atoms with Gasteiger partial charge in [0, 0.05) is 24.5 Å². The molecule has 3 nitrogen and oxygen atoms in total. The van der Waals surface area contributed by atoms with Crippen LogP contribution in [0.1, 0.15) is 52.4 Å². The van der Waals surface area contributed by atoms with E-state index in [1.807, 2.05) is 0 Å². The lowest BCUT2D eigenvalue weighted by Crippen LogP contribution is -2.54. The lowest BCUT2D eigenvalue weighted by Gasteiger charge is -2.43. The largest absolute Gasteiger partial charge is 0.338 e. The van der Waals surface area contributed by atoms with E-state index >= 15 is 0 Å². The first-order valence-electron chi connectivity index (χ1n) is 7.09. The highest BCUT2D eigenvalue weighted by atomic mass is 16.2. The zero-order valence-electron chi connectivity index (χ0n) is 11.2. The van der Waals surface area contributed by atoms with Crippen molar-refractivity contribution in [3.63, 3.8) is 0 Å². The van der Waals surface area contributed by atoms with Crippen molar-refractivity contribution < 1.29 is 4.79 Å². The van der Waals surface area contributed by atoms with E-state index in [1.165, 1.54) is 19.3 Å². The topological polar surface area (TPSA) is 46.3 Å². The second-order valence-electron chi connectivity index (χ2n) is 6.19. The molecular weight excluding hydrogens is 212 g/mol. The van der Waals surface area contributed by atoms with Crippen molar-refractivity contribution in [1.82, 2.24) is 4.90 Å². The third kappa shape index (κ3) is 2.35. The van der Waals surface area contributed by atoms with Gasteiger partial charge in [-0.3, -0.25) is 4.79 Å². The Morgan fingerprint density at radius 3 is 2.59 bits per heavy atom. The number of hydrogen-bond acceptors (Lipinski definition) is 2. The van der Waals surface area contributed by atoms with E-state index in [2.05, 4.69) is 18.7 Å². The average molecular weight is 238 g/mol. The van der Waals surface area contributed by atoms with Crippen LogP contribution in [0.3, 0.4) is 0 Å². The van der Waals surface area contributed by atoms with Crippen LogP contribution < -0.4 is 5.73 Å². The number of piperidine rings is 1. The Morgan fingerprint density at radius 1 is 1.35 bits per heavy atom. The SMILES string of the molecule is CC1CCCN(C(=O)C2(C)CCCC2)C1CN. The third-order valence-corrected chi connectivity index (χ3v) is 4.84. The first-order valence-corrected chi connectivity index (χ1v) is 7.09. The van der Waals surface area contributed by atoms with E-state index in [9.17, 15) is 4.79 Å². The van der Waals surface area contributed by atoms with Crippen molar-refractivity contribution in [2.75, 3.05) is 13.1 Å². The standard InChI is InChI=1S/C14H26N2O/c1-11-6-5-9-16(12(11)10-15)13(17)14(2)7-3-4-8-14/h11-12H,3-10,15H2,1-2H3. The molecule has 0 aromatic carbocycles. The minimum absolute atomic E-state index is 0.0928. The van der Waals surface area contributed by atoms with Gasteiger partial charge in [0.25, 0.3) is 0 Å². The summed E-state index contributed by atoms with van der Waals surface area (Å²) in [6, 6.07) is 0.272. The van der Waals surface area contributed by atoms with Gasteiger partial charge < -0.3 is 10.6 Å². The van der Waals surface area contributed by atoms with Gasteiger partial charge in [0.1, 0.15) is 0 Å². The number of carbonyl (C=O) groups excluding carboxylic acids is 1. The number of hydrogen-bond donors (Lipinski definition) is 1. The molecule has 17 heavy (non-hydrogen) atoms. The van der Waals surface area contributed by atoms with Crippen LogP contribution in [0.5, 0.6) is 0 Å². The molecular formula is C14H26N2O. The fourth-order valence-electron chi connectivity index (χ4n) is 3.58. The van der Waals surface area contributed by atoms with Crippen LogP contribution in [0.25, 0.3) is 0 Å². The molecule has 2 fully saturated rings. The van der Waals surface area contributed by atoms with E-state index in [0.29, 0.717) is 18.4 Å². The van der Waals surface area contributed by atoms with E-state index in [1.54, 1.807) is 0 Å². The summed E-state index contributed by atoms with van der Waals surface area (Å²) in [5.74, 6) is 0.930. The third-order valence-electron chi connectivity index (χ3n) is 4.84. The lowest BCUT2D eigenvalue weighted by atomic mass is 9.83. The Morgan fingerprint density at radius 2 is 2.00 bits per heavy atom. The van der Waals surface area contributed by atoms with Crippen LogP contribution in [0.15, 0.2) is 0 Å². The van der Waals surface area contributed by atoms with Gasteiger partial charge in [0.2, 0.25) is 5.91 Å². The van der Waals surface area contributed by atoms with E-state index in [0.717, 1.165) is 25.8 Å². The Kier molecular flexibility index (Phi) is 3.76. The normalized spacial score (nSPS) is 32.8. The predicted octanol–water partition coefficient (Wildman–Crippen LogP) is 2.15. The Labute approximate surface area is 105 Å². The summed E-state index contributed by atoms with van der Waals surface area (Å²) in [5, 5.41) is 0. The quantitative estimate of drug-likeness (QED) is 0.801. The molecule has 2 aliphatic rings. The number of amides is 1. The molecule has 1 aliphatic carbocycles. The second-order valence-corrected chi connectivity index (χ2v) is 6.19. The zero-order valence-corrected chi connectivity index (χ0v) is 11.2. The summed E-state index contributed by atoms with van der Waals surface area (Å²) < 4.78 is 0. The molecule has 1 heterocycles. The van der Waals surface area contributed by atoms with Crippen molar-refractivity contribution in [3.8, 4) is 0 Å². The van der Waals surface area contributed by atoms with Gasteiger partial charge in [-0.1, -0.05) is 26.7 Å². The summed E-state index contributed by atoms with van der Waals surface area (Å²) in [4.78, 5) is 14.8. The molecule has 0 aromatic heterocycles. The second kappa shape index (κ2) is 4.97. The first kappa shape index (κ1) is 12.9. The zero-order chi connectivity index (χ0) is 12.5. The lowest BCUT2D eigenvalue weighted by molar-refractivity contribution is -0.146. The Hall–Kier alpha value is -0.570. The minimum Gasteiger partial charge on any atom is -0.338 e. The molecule has 1 aliphatic heterocycles. The number of carbonyl (C=O) groups is 1. The average Bonchev–Trinajstić information content (AvgIpc) is 2.76. The van der Waals surface area contributed by atoms with E-state index in [-0.39, 0.29) is 11.5 Å². The maximum absolute atomic E-state index is 12.7. The Bertz CT molecular complexity index is 284. The van der Waals surface area contributed by atoms with Crippen molar-refractivity contribution in [1.29, 1.82) is 0 Å². The monoisotopic (exact) mass is 238 g/mol. The summed E-state index contributed by atoms with van der Waals surface area (Å²) in [7, 11) is 0. The summed E-state index contributed by atoms with van der Waals surface area (Å²) in [6.07, 6.45) is 6.89. The molecule has 1 saturated carbocycles. The van der Waals surface area contributed by atoms with Crippen molar-refractivity contribution in [2.45, 2.75) is 58.4 Å². The molecule has 3 heteroatoms. The van der Waals surface area contributed by atoms with Gasteiger partial charge in [-0.05, 0) is 31.6 Å². The number of likely N-dealkylation sites (tertiary alicyclic amines) is 1. The molecule has 1 amide bonds. The maximum Gasteiger partial charge on any atom is 0.228 e. The fourth-order valence-corrected chi connectivity index (χ4v) is 3.58. The molecule has 0 aromatic rings. The summed E-state index contributed by atoms with van der Waals surface area (Å²) in [6.45, 7) is 5.91. The van der Waals surface area contributed by atoms with Crippen molar-refractivity contribution in [3.05, 3.63) is 0 Å². The van der Waals surface area contributed by atoms with Crippen LogP contribution >= 0.6 is 0 Å². The highest BCUT2D eigenvalue weighted by molar-refractivity contribution is 5.83. The van der Waals surface area contributed by atoms with E-state index < -0.39 is 0 Å². The van der Waals surface area contributed by atoms with Crippen LogP contribution in [-0.4, -0.2) is 29.9 Å². The van der Waals surface area contributed by atoms with Crippen LogP contribution in [-0.2, 0) is 4.79 Å². The highest BCUT2D eigenvalue weighted by Gasteiger charge is 2.42. The van der Waals surface area contributed by atoms with Gasteiger partial charge in [0.05, 0.1) is 0 Å². The highest BCUT2D eigenvalue weighted by Crippen LogP contribution is 2.40. The maximum atomic E-state index is 12.7. The van der Waals surface area contributed by atoms with Crippen molar-refractivity contribution >= 4 is 5.91 Å². The summed E-state index contributed by atoms with van der Waals surface area (Å²) in [5.41, 5.74) is 5.78. The molecule has 2 atom stereocenters. The number of rotatable bonds is 2. The van der Waals surface area contributed by atoms with Gasteiger partial charge >= 0.3 is 0 Å². The molecule has 0 radical (unpaired) electrons. The molecule has 2 rings (SSSR count). The number of nitrogens with two attached hydrogens (primary N) is 1. The number of nitrogens with zero attached hydrogens (tertiary/aromatic N) is 1. The van der Waals surface area contributed by atoms with E-state index in [4.69, 9.17) is 5.73 Å². The van der Waals surface area contributed by atoms with Crippen LogP contribution in [0.2, 0.25) is 0 Å². The Balaban J connectivity index is 2.11. The predicted molar refractivity (Wildman–Crippen MR) is 69.5 cm³/mol. The summed E-state index contributed by atoms with van der Waals surface area (Å²) >= 11 is 0. The molecule has 2 unspecified atom stereocenters. The fraction of sp³-hybridized carbons (Fsp3) is 0.929. The van der Waals surface area contributed by atoms with Gasteiger partial charge in [0.15, 0.2) is 0 Å². The van der Waals surface area contributed by atoms with Gasteiger partial charge in [-0.15, -0.1) is 0 Å². The smallest absolute Gasteiger partial charge is 0.228 e. The van der Waals surface area contributed by atoms with Gasteiger partial charge in [-0.2, -0.15) is 0 Å². The van der Waals surface area contributed by atoms with Crippen LogP contribution in [0, 0.1) is 11.3 Å². The molecule has 0 bridgehead atoms.